The van der Waals surface area contributed by atoms with Crippen molar-refractivity contribution in [3.8, 4) is 11.8 Å². The number of nitrogens with two attached hydrogens (primary N) is 1. The van der Waals surface area contributed by atoms with Gasteiger partial charge in [0.15, 0.2) is 0 Å². The number of hydrogen-bond donors (Lipinski definition) is 1. The van der Waals surface area contributed by atoms with Crippen molar-refractivity contribution in [1.29, 1.82) is 0 Å². The number of thiophene rings is 1. The first-order chi connectivity index (χ1) is 8.31. The van der Waals surface area contributed by atoms with Gasteiger partial charge in [0.25, 0.3) is 5.56 Å². The highest BCUT2D eigenvalue weighted by molar-refractivity contribution is 7.10. The van der Waals surface area contributed by atoms with Crippen molar-refractivity contribution in [1.82, 2.24) is 9.78 Å². The molecule has 0 spiro atoms. The first kappa shape index (κ1) is 11.6. The molecule has 0 fully saturated rings. The second kappa shape index (κ2) is 5.43. The van der Waals surface area contributed by atoms with E-state index in [0.717, 1.165) is 10.4 Å². The molecular weight excluding hydrogens is 234 g/mol. The molecule has 0 aliphatic rings. The van der Waals surface area contributed by atoms with Crippen LogP contribution in [-0.2, 0) is 6.54 Å². The molecule has 2 aromatic heterocycles. The molecule has 2 N–H and O–H groups in total. The first-order valence-electron chi connectivity index (χ1n) is 5.08. The molecule has 4 nitrogen and oxygen atoms in total. The normalized spacial score (nSPS) is 9.71. The summed E-state index contributed by atoms with van der Waals surface area (Å²) in [7, 11) is 0. The van der Waals surface area contributed by atoms with Gasteiger partial charge in [-0.05, 0) is 17.5 Å². The molecule has 2 rings (SSSR count). The van der Waals surface area contributed by atoms with Crippen molar-refractivity contribution in [2.45, 2.75) is 6.54 Å². The molecule has 0 saturated carbocycles. The largest absolute Gasteiger partial charge is 0.320 e. The zero-order valence-electron chi connectivity index (χ0n) is 9.09. The third kappa shape index (κ3) is 2.81. The van der Waals surface area contributed by atoms with E-state index >= 15 is 0 Å². The lowest BCUT2D eigenvalue weighted by Gasteiger charge is -2.01. The average molecular weight is 245 g/mol. The maximum absolute atomic E-state index is 11.5. The molecule has 2 aromatic rings. The van der Waals surface area contributed by atoms with Crippen LogP contribution in [0.4, 0.5) is 0 Å². The van der Waals surface area contributed by atoms with E-state index in [-0.39, 0.29) is 5.56 Å². The maximum atomic E-state index is 11.5. The van der Waals surface area contributed by atoms with Crippen LogP contribution in [0.3, 0.4) is 0 Å². The highest BCUT2D eigenvalue weighted by atomic mass is 32.1. The summed E-state index contributed by atoms with van der Waals surface area (Å²) in [5, 5.41) is 5.96. The molecule has 0 aliphatic carbocycles. The van der Waals surface area contributed by atoms with Gasteiger partial charge in [-0.3, -0.25) is 4.79 Å². The first-order valence-corrected chi connectivity index (χ1v) is 5.96. The average Bonchev–Trinajstić information content (AvgIpc) is 2.77. The summed E-state index contributed by atoms with van der Waals surface area (Å²) >= 11 is 1.56. The smallest absolute Gasteiger partial charge is 0.267 e. The Balaban J connectivity index is 2.28. The van der Waals surface area contributed by atoms with Gasteiger partial charge in [0.2, 0.25) is 0 Å². The Bertz CT molecular complexity index is 618. The van der Waals surface area contributed by atoms with Crippen LogP contribution >= 0.6 is 11.3 Å². The summed E-state index contributed by atoms with van der Waals surface area (Å²) in [5.74, 6) is 5.79. The second-order valence-electron chi connectivity index (χ2n) is 3.28. The standard InChI is InChI=1S/C12H11N3OS/c13-6-1-3-10-5-8-17-11(10)9-15-12(16)4-2-7-14-15/h2,4-5,7-8H,6,9,13H2. The molecule has 0 radical (unpaired) electrons. The van der Waals surface area contributed by atoms with Crippen LogP contribution in [0.25, 0.3) is 0 Å². The minimum atomic E-state index is -0.112. The lowest BCUT2D eigenvalue weighted by Crippen LogP contribution is -2.21. The number of aromatic nitrogens is 2. The molecule has 0 unspecified atom stereocenters. The second-order valence-corrected chi connectivity index (χ2v) is 4.28. The van der Waals surface area contributed by atoms with Gasteiger partial charge >= 0.3 is 0 Å². The van der Waals surface area contributed by atoms with E-state index in [0.29, 0.717) is 13.1 Å². The topological polar surface area (TPSA) is 60.9 Å². The van der Waals surface area contributed by atoms with Gasteiger partial charge in [0, 0.05) is 22.7 Å². The van der Waals surface area contributed by atoms with E-state index < -0.39 is 0 Å². The SMILES string of the molecule is NCC#Cc1ccsc1Cn1ncccc1=O. The Labute approximate surface area is 103 Å². The predicted molar refractivity (Wildman–Crippen MR) is 67.9 cm³/mol. The monoisotopic (exact) mass is 245 g/mol. The lowest BCUT2D eigenvalue weighted by atomic mass is 10.2. The van der Waals surface area contributed by atoms with Crippen LogP contribution in [0.5, 0.6) is 0 Å². The molecule has 2 heterocycles. The molecule has 86 valence electrons. The van der Waals surface area contributed by atoms with E-state index in [1.165, 1.54) is 10.7 Å². The van der Waals surface area contributed by atoms with E-state index in [2.05, 4.69) is 16.9 Å². The number of hydrogen-bond acceptors (Lipinski definition) is 4. The lowest BCUT2D eigenvalue weighted by molar-refractivity contribution is 0.644. The summed E-state index contributed by atoms with van der Waals surface area (Å²) < 4.78 is 1.42. The van der Waals surface area contributed by atoms with Gasteiger partial charge in [0.1, 0.15) is 0 Å². The molecule has 0 bridgehead atoms. The van der Waals surface area contributed by atoms with Crippen LogP contribution < -0.4 is 11.3 Å². The van der Waals surface area contributed by atoms with Gasteiger partial charge in [0.05, 0.1) is 13.1 Å². The van der Waals surface area contributed by atoms with Crippen molar-refractivity contribution in [3.63, 3.8) is 0 Å². The molecule has 17 heavy (non-hydrogen) atoms. The summed E-state index contributed by atoms with van der Waals surface area (Å²) in [6.07, 6.45) is 1.60. The number of nitrogens with zero attached hydrogens (tertiary/aromatic N) is 2. The van der Waals surface area contributed by atoms with Gasteiger partial charge < -0.3 is 5.73 Å². The van der Waals surface area contributed by atoms with E-state index in [1.54, 1.807) is 23.6 Å². The summed E-state index contributed by atoms with van der Waals surface area (Å²) in [5.41, 5.74) is 6.14. The molecule has 0 aromatic carbocycles. The predicted octanol–water partition coefficient (Wildman–Crippen LogP) is 0.663. The van der Waals surface area contributed by atoms with Crippen molar-refractivity contribution < 1.29 is 0 Å². The summed E-state index contributed by atoms with van der Waals surface area (Å²) in [6, 6.07) is 5.05. The van der Waals surface area contributed by atoms with Crippen LogP contribution in [0.1, 0.15) is 10.4 Å². The molecule has 0 aliphatic heterocycles. The van der Waals surface area contributed by atoms with Gasteiger partial charge in [-0.15, -0.1) is 11.3 Å². The Morgan fingerprint density at radius 3 is 3.12 bits per heavy atom. The Kier molecular flexibility index (Phi) is 3.70. The highest BCUT2D eigenvalue weighted by Gasteiger charge is 2.04. The van der Waals surface area contributed by atoms with Gasteiger partial charge in [-0.25, -0.2) is 4.68 Å². The number of rotatable bonds is 2. The van der Waals surface area contributed by atoms with Crippen LogP contribution in [0.15, 0.2) is 34.6 Å². The van der Waals surface area contributed by atoms with E-state index in [1.807, 2.05) is 11.4 Å². The van der Waals surface area contributed by atoms with E-state index in [4.69, 9.17) is 5.73 Å². The van der Waals surface area contributed by atoms with Crippen LogP contribution in [-0.4, -0.2) is 16.3 Å². The Morgan fingerprint density at radius 1 is 1.47 bits per heavy atom. The minimum absolute atomic E-state index is 0.112. The van der Waals surface area contributed by atoms with Gasteiger partial charge in [-0.1, -0.05) is 11.8 Å². The minimum Gasteiger partial charge on any atom is -0.320 e. The molecule has 0 atom stereocenters. The highest BCUT2D eigenvalue weighted by Crippen LogP contribution is 2.16. The van der Waals surface area contributed by atoms with Crippen molar-refractivity contribution in [3.05, 3.63) is 50.6 Å². The zero-order valence-corrected chi connectivity index (χ0v) is 9.91. The van der Waals surface area contributed by atoms with E-state index in [9.17, 15) is 4.79 Å². The summed E-state index contributed by atoms with van der Waals surface area (Å²) in [6.45, 7) is 0.782. The fourth-order valence-electron chi connectivity index (χ4n) is 1.36. The fraction of sp³-hybridized carbons (Fsp3) is 0.167. The molecule has 0 saturated heterocycles. The fourth-order valence-corrected chi connectivity index (χ4v) is 2.17. The summed E-state index contributed by atoms with van der Waals surface area (Å²) in [4.78, 5) is 12.5. The molecule has 0 amide bonds. The van der Waals surface area contributed by atoms with Crippen LogP contribution in [0.2, 0.25) is 0 Å². The molecule has 5 heteroatoms. The maximum Gasteiger partial charge on any atom is 0.267 e. The van der Waals surface area contributed by atoms with Crippen LogP contribution in [0, 0.1) is 11.8 Å². The van der Waals surface area contributed by atoms with Crippen molar-refractivity contribution >= 4 is 11.3 Å². The third-order valence-electron chi connectivity index (χ3n) is 2.15. The Hall–Kier alpha value is -1.90. The van der Waals surface area contributed by atoms with Crippen molar-refractivity contribution in [2.24, 2.45) is 5.73 Å². The third-order valence-corrected chi connectivity index (χ3v) is 3.05. The molecular formula is C12H11N3OS. The quantitative estimate of drug-likeness (QED) is 0.791. The zero-order chi connectivity index (χ0) is 12.1. The van der Waals surface area contributed by atoms with Crippen molar-refractivity contribution in [2.75, 3.05) is 6.54 Å². The van der Waals surface area contributed by atoms with Gasteiger partial charge in [-0.2, -0.15) is 5.10 Å². The Morgan fingerprint density at radius 2 is 2.35 bits per heavy atom.